The predicted octanol–water partition coefficient (Wildman–Crippen LogP) is 3.48. The normalized spacial score (nSPS) is 21.5. The molecule has 0 radical (unpaired) electrons. The fourth-order valence-electron chi connectivity index (χ4n) is 4.35. The van der Waals surface area contributed by atoms with Gasteiger partial charge < -0.3 is 24.2 Å². The number of rotatable bonds is 7. The van der Waals surface area contributed by atoms with Crippen LogP contribution in [0.2, 0.25) is 0 Å². The van der Waals surface area contributed by atoms with Gasteiger partial charge in [0.2, 0.25) is 0 Å². The number of benzene rings is 2. The summed E-state index contributed by atoms with van der Waals surface area (Å²) in [5.41, 5.74) is 2.28. The van der Waals surface area contributed by atoms with Crippen LogP contribution in [-0.4, -0.2) is 55.2 Å². The second kappa shape index (κ2) is 9.04. The first-order valence-electron chi connectivity index (χ1n) is 10.7. The maximum Gasteiger partial charge on any atom is 0.295 e. The Hall–Kier alpha value is -3.32. The summed E-state index contributed by atoms with van der Waals surface area (Å²) < 4.78 is 16.1. The molecule has 0 aromatic heterocycles. The molecule has 1 amide bonds. The zero-order chi connectivity index (χ0) is 22.8. The summed E-state index contributed by atoms with van der Waals surface area (Å²) in [4.78, 5) is 27.5. The van der Waals surface area contributed by atoms with E-state index in [4.69, 9.17) is 14.2 Å². The number of amides is 1. The monoisotopic (exact) mass is 437 g/mol. The highest BCUT2D eigenvalue weighted by molar-refractivity contribution is 6.46. The smallest absolute Gasteiger partial charge is 0.295 e. The number of ether oxygens (including phenoxy) is 3. The number of carbonyl (C=O) groups excluding carboxylic acids is 2. The Balaban J connectivity index is 1.79. The van der Waals surface area contributed by atoms with Crippen LogP contribution in [0.3, 0.4) is 0 Å². The molecule has 0 unspecified atom stereocenters. The Kier molecular flexibility index (Phi) is 6.19. The fourth-order valence-corrected chi connectivity index (χ4v) is 4.35. The van der Waals surface area contributed by atoms with E-state index in [1.807, 2.05) is 25.1 Å². The van der Waals surface area contributed by atoms with Crippen molar-refractivity contribution in [1.29, 1.82) is 0 Å². The summed E-state index contributed by atoms with van der Waals surface area (Å²) in [6.45, 7) is 2.78. The van der Waals surface area contributed by atoms with Crippen LogP contribution in [0.4, 0.5) is 0 Å². The first kappa shape index (κ1) is 21.9. The van der Waals surface area contributed by atoms with Gasteiger partial charge >= 0.3 is 0 Å². The van der Waals surface area contributed by atoms with Crippen LogP contribution in [-0.2, 0) is 20.7 Å². The minimum atomic E-state index is -0.693. The number of nitrogens with zero attached hydrogens (tertiary/aromatic N) is 1. The molecule has 1 fully saturated rings. The zero-order valence-corrected chi connectivity index (χ0v) is 18.5. The number of aliphatic hydroxyl groups is 1. The number of methoxy groups -OCH3 is 2. The number of ketones is 1. The van der Waals surface area contributed by atoms with Crippen molar-refractivity contribution in [2.24, 2.45) is 0 Å². The predicted molar refractivity (Wildman–Crippen MR) is 119 cm³/mol. The van der Waals surface area contributed by atoms with E-state index in [9.17, 15) is 14.7 Å². The van der Waals surface area contributed by atoms with Crippen LogP contribution in [0.15, 0.2) is 48.0 Å². The van der Waals surface area contributed by atoms with Crippen LogP contribution in [0.1, 0.15) is 36.1 Å². The molecule has 7 heteroatoms. The van der Waals surface area contributed by atoms with Gasteiger partial charge in [0.15, 0.2) is 0 Å². The van der Waals surface area contributed by atoms with Gasteiger partial charge in [0.25, 0.3) is 11.7 Å². The molecule has 168 valence electrons. The maximum absolute atomic E-state index is 13.1. The van der Waals surface area contributed by atoms with Crippen molar-refractivity contribution in [1.82, 2.24) is 4.90 Å². The Morgan fingerprint density at radius 3 is 2.59 bits per heavy atom. The SMILES string of the molecule is COCCCN1C(=O)C(=O)/C(=C(/O)c2ccc3c(c2)C[C@H](C)O3)[C@@H]1c1ccc(OC)cc1. The number of fused-ring (bicyclic) bond motifs is 1. The molecule has 7 nitrogen and oxygen atoms in total. The first-order chi connectivity index (χ1) is 15.4. The molecule has 0 saturated carbocycles. The molecule has 32 heavy (non-hydrogen) atoms. The summed E-state index contributed by atoms with van der Waals surface area (Å²) in [5, 5.41) is 11.2. The highest BCUT2D eigenvalue weighted by Gasteiger charge is 2.45. The molecule has 2 aromatic rings. The fraction of sp³-hybridized carbons (Fsp3) is 0.360. The van der Waals surface area contributed by atoms with Gasteiger partial charge in [-0.1, -0.05) is 12.1 Å². The van der Waals surface area contributed by atoms with Crippen molar-refractivity contribution in [2.75, 3.05) is 27.4 Å². The topological polar surface area (TPSA) is 85.3 Å². The standard InChI is InChI=1S/C25H27NO6/c1-15-13-18-14-17(7-10-20(18)32-15)23(27)21-22(16-5-8-19(31-3)9-6-16)26(11-4-12-30-2)25(29)24(21)28/h5-10,14-15,22,27H,4,11-13H2,1-3H3/b23-21+/t15-,22-/m0/s1. The van der Waals surface area contributed by atoms with Crippen LogP contribution in [0, 0.1) is 0 Å². The van der Waals surface area contributed by atoms with Crippen LogP contribution in [0.5, 0.6) is 11.5 Å². The van der Waals surface area contributed by atoms with Gasteiger partial charge in [0.1, 0.15) is 23.4 Å². The van der Waals surface area contributed by atoms with Gasteiger partial charge in [-0.2, -0.15) is 0 Å². The summed E-state index contributed by atoms with van der Waals surface area (Å²) in [7, 11) is 3.16. The van der Waals surface area contributed by atoms with Crippen LogP contribution < -0.4 is 9.47 Å². The van der Waals surface area contributed by atoms with Crippen molar-refractivity contribution < 1.29 is 28.9 Å². The summed E-state index contributed by atoms with van der Waals surface area (Å²) in [5.74, 6) is -0.0493. The summed E-state index contributed by atoms with van der Waals surface area (Å²) in [6.07, 6.45) is 1.36. The number of Topliss-reactive ketones (excluding diaryl/α,β-unsaturated/α-hetero) is 1. The lowest BCUT2D eigenvalue weighted by molar-refractivity contribution is -0.140. The molecule has 2 aromatic carbocycles. The number of carbonyl (C=O) groups is 2. The molecule has 0 bridgehead atoms. The molecule has 1 N–H and O–H groups in total. The zero-order valence-electron chi connectivity index (χ0n) is 18.5. The van der Waals surface area contributed by atoms with Gasteiger partial charge in [-0.05, 0) is 54.8 Å². The second-order valence-corrected chi connectivity index (χ2v) is 8.07. The van der Waals surface area contributed by atoms with E-state index in [1.165, 1.54) is 4.90 Å². The van der Waals surface area contributed by atoms with E-state index < -0.39 is 17.7 Å². The lowest BCUT2D eigenvalue weighted by atomic mass is 9.94. The van der Waals surface area contributed by atoms with Crippen molar-refractivity contribution in [3.8, 4) is 11.5 Å². The lowest BCUT2D eigenvalue weighted by Crippen LogP contribution is -2.31. The molecule has 1 saturated heterocycles. The van der Waals surface area contributed by atoms with E-state index in [2.05, 4.69) is 0 Å². The van der Waals surface area contributed by atoms with E-state index in [-0.39, 0.29) is 17.4 Å². The third-order valence-corrected chi connectivity index (χ3v) is 5.89. The van der Waals surface area contributed by atoms with Crippen molar-refractivity contribution in [3.63, 3.8) is 0 Å². The molecular formula is C25H27NO6. The largest absolute Gasteiger partial charge is 0.507 e. The highest BCUT2D eigenvalue weighted by Crippen LogP contribution is 2.41. The van der Waals surface area contributed by atoms with Gasteiger partial charge in [-0.3, -0.25) is 9.59 Å². The minimum Gasteiger partial charge on any atom is -0.507 e. The molecule has 2 aliphatic rings. The van der Waals surface area contributed by atoms with Crippen molar-refractivity contribution in [2.45, 2.75) is 31.9 Å². The molecule has 2 atom stereocenters. The average Bonchev–Trinajstić information content (AvgIpc) is 3.29. The Labute approximate surface area is 187 Å². The van der Waals surface area contributed by atoms with Crippen molar-refractivity contribution in [3.05, 3.63) is 64.7 Å². The lowest BCUT2D eigenvalue weighted by Gasteiger charge is -2.25. The third kappa shape index (κ3) is 3.96. The minimum absolute atomic E-state index is 0.0630. The van der Waals surface area contributed by atoms with Gasteiger partial charge in [0.05, 0.1) is 18.7 Å². The maximum atomic E-state index is 13.1. The number of likely N-dealkylation sites (tertiary alicyclic amines) is 1. The average molecular weight is 437 g/mol. The second-order valence-electron chi connectivity index (χ2n) is 8.07. The number of hydrogen-bond donors (Lipinski definition) is 1. The Bertz CT molecular complexity index is 1060. The molecule has 2 aliphatic heterocycles. The van der Waals surface area contributed by atoms with Crippen molar-refractivity contribution >= 4 is 17.4 Å². The first-order valence-corrected chi connectivity index (χ1v) is 10.7. The summed E-state index contributed by atoms with van der Waals surface area (Å²) in [6, 6.07) is 11.8. The van der Waals surface area contributed by atoms with E-state index in [1.54, 1.807) is 38.5 Å². The van der Waals surface area contributed by atoms with Gasteiger partial charge in [-0.25, -0.2) is 0 Å². The molecule has 0 spiro atoms. The number of hydrogen-bond acceptors (Lipinski definition) is 6. The van der Waals surface area contributed by atoms with E-state index in [0.29, 0.717) is 30.9 Å². The summed E-state index contributed by atoms with van der Waals surface area (Å²) >= 11 is 0. The Morgan fingerprint density at radius 1 is 1.16 bits per heavy atom. The van der Waals surface area contributed by atoms with Gasteiger partial charge in [0, 0.05) is 32.2 Å². The van der Waals surface area contributed by atoms with E-state index in [0.717, 1.165) is 23.3 Å². The third-order valence-electron chi connectivity index (χ3n) is 5.89. The number of aliphatic hydroxyl groups excluding tert-OH is 1. The van der Waals surface area contributed by atoms with Crippen LogP contribution in [0.25, 0.3) is 5.76 Å². The highest BCUT2D eigenvalue weighted by atomic mass is 16.5. The molecule has 2 heterocycles. The molecule has 0 aliphatic carbocycles. The Morgan fingerprint density at radius 2 is 1.91 bits per heavy atom. The van der Waals surface area contributed by atoms with Crippen LogP contribution >= 0.6 is 0 Å². The quantitative estimate of drug-likeness (QED) is 0.309. The molecule has 4 rings (SSSR count). The molecular weight excluding hydrogens is 410 g/mol. The van der Waals surface area contributed by atoms with E-state index >= 15 is 0 Å². The van der Waals surface area contributed by atoms with Gasteiger partial charge in [-0.15, -0.1) is 0 Å².